The Kier molecular flexibility index (Phi) is 5.60. The molecule has 0 aromatic rings. The minimum absolute atomic E-state index is 0.0903. The number of aliphatic hydroxyl groups excluding tert-OH is 1. The molecule has 2 amide bonds. The molecule has 0 radical (unpaired) electrons. The molecule has 1 heterocycles. The van der Waals surface area contributed by atoms with E-state index in [0.29, 0.717) is 19.5 Å². The van der Waals surface area contributed by atoms with Crippen LogP contribution >= 0.6 is 0 Å². The van der Waals surface area contributed by atoms with Crippen LogP contribution in [-0.2, 0) is 4.79 Å². The maximum Gasteiger partial charge on any atom is 0.323 e. The topological polar surface area (TPSA) is 81.1 Å². The summed E-state index contributed by atoms with van der Waals surface area (Å²) in [5, 5.41) is 18.5. The zero-order valence-corrected chi connectivity index (χ0v) is 11.9. The number of aliphatic hydroxyl groups is 1. The largest absolute Gasteiger partial charge is 0.480 e. The number of hydrogen-bond donors (Lipinski definition) is 2. The summed E-state index contributed by atoms with van der Waals surface area (Å²) < 4.78 is 0. The van der Waals surface area contributed by atoms with Crippen LogP contribution in [0.3, 0.4) is 0 Å². The van der Waals surface area contributed by atoms with E-state index in [1.807, 2.05) is 13.8 Å². The van der Waals surface area contributed by atoms with Crippen LogP contribution in [-0.4, -0.2) is 63.8 Å². The molecule has 3 atom stereocenters. The second-order valence-corrected chi connectivity index (χ2v) is 5.30. The van der Waals surface area contributed by atoms with Gasteiger partial charge in [0.2, 0.25) is 0 Å². The second kappa shape index (κ2) is 6.75. The smallest absolute Gasteiger partial charge is 0.323 e. The minimum atomic E-state index is -1.00. The van der Waals surface area contributed by atoms with Gasteiger partial charge in [-0.25, -0.2) is 4.79 Å². The van der Waals surface area contributed by atoms with Crippen LogP contribution in [0.5, 0.6) is 0 Å². The third-order valence-electron chi connectivity index (χ3n) is 3.85. The fourth-order valence-electron chi connectivity index (χ4n) is 2.31. The first-order valence-corrected chi connectivity index (χ1v) is 6.82. The molecular weight excluding hydrogens is 248 g/mol. The Hall–Kier alpha value is -1.30. The highest BCUT2D eigenvalue weighted by molar-refractivity contribution is 5.80. The first-order chi connectivity index (χ1) is 8.86. The van der Waals surface area contributed by atoms with Gasteiger partial charge in [0, 0.05) is 25.0 Å². The van der Waals surface area contributed by atoms with Gasteiger partial charge in [0.05, 0.1) is 6.10 Å². The van der Waals surface area contributed by atoms with Crippen molar-refractivity contribution in [2.45, 2.75) is 45.8 Å². The standard InChI is InChI=1S/C13H24N2O4/c1-4-9(2)15(8-12(17)18)13(19)14-6-5-11(7-14)10(3)16/h9-11,16H,4-8H2,1-3H3,(H,17,18). The quantitative estimate of drug-likeness (QED) is 0.782. The summed E-state index contributed by atoms with van der Waals surface area (Å²) in [6.45, 7) is 6.31. The van der Waals surface area contributed by atoms with Gasteiger partial charge in [-0.2, -0.15) is 0 Å². The molecule has 3 unspecified atom stereocenters. The first-order valence-electron chi connectivity index (χ1n) is 6.82. The number of carboxylic acid groups (broad SMARTS) is 1. The summed E-state index contributed by atoms with van der Waals surface area (Å²) in [5.74, 6) is -0.910. The highest BCUT2D eigenvalue weighted by Gasteiger charge is 2.33. The highest BCUT2D eigenvalue weighted by Crippen LogP contribution is 2.21. The lowest BCUT2D eigenvalue weighted by atomic mass is 10.0. The summed E-state index contributed by atoms with van der Waals surface area (Å²) in [7, 11) is 0. The summed E-state index contributed by atoms with van der Waals surface area (Å²) in [6.07, 6.45) is 1.05. The molecule has 0 bridgehead atoms. The number of likely N-dealkylation sites (tertiary alicyclic amines) is 1. The SMILES string of the molecule is CCC(C)N(CC(=O)O)C(=O)N1CCC(C(C)O)C1. The van der Waals surface area contributed by atoms with Crippen LogP contribution in [0, 0.1) is 5.92 Å². The monoisotopic (exact) mass is 272 g/mol. The number of rotatable bonds is 5. The van der Waals surface area contributed by atoms with Crippen molar-refractivity contribution in [2.24, 2.45) is 5.92 Å². The van der Waals surface area contributed by atoms with Crippen LogP contribution in [0.2, 0.25) is 0 Å². The maximum absolute atomic E-state index is 12.4. The van der Waals surface area contributed by atoms with Crippen LogP contribution in [0.25, 0.3) is 0 Å². The van der Waals surface area contributed by atoms with Crippen LogP contribution in [0.1, 0.15) is 33.6 Å². The predicted octanol–water partition coefficient (Wildman–Crippen LogP) is 0.994. The van der Waals surface area contributed by atoms with Crippen LogP contribution in [0.15, 0.2) is 0 Å². The van der Waals surface area contributed by atoms with E-state index in [0.717, 1.165) is 6.42 Å². The van der Waals surface area contributed by atoms with Gasteiger partial charge in [-0.3, -0.25) is 4.79 Å². The van der Waals surface area contributed by atoms with Gasteiger partial charge in [-0.1, -0.05) is 6.92 Å². The van der Waals surface area contributed by atoms with Crippen molar-refractivity contribution < 1.29 is 19.8 Å². The van der Waals surface area contributed by atoms with Gasteiger partial charge in [-0.05, 0) is 26.7 Å². The van der Waals surface area contributed by atoms with Gasteiger partial charge in [-0.15, -0.1) is 0 Å². The van der Waals surface area contributed by atoms with Crippen molar-refractivity contribution in [2.75, 3.05) is 19.6 Å². The Morgan fingerprint density at radius 1 is 1.42 bits per heavy atom. The highest BCUT2D eigenvalue weighted by atomic mass is 16.4. The molecule has 6 nitrogen and oxygen atoms in total. The Bertz CT molecular complexity index is 333. The molecule has 0 saturated carbocycles. The van der Waals surface area contributed by atoms with Crippen molar-refractivity contribution in [3.05, 3.63) is 0 Å². The molecule has 110 valence electrons. The summed E-state index contributed by atoms with van der Waals surface area (Å²) in [6, 6.07) is -0.339. The molecule has 1 fully saturated rings. The molecule has 1 aliphatic heterocycles. The molecule has 1 aliphatic rings. The van der Waals surface area contributed by atoms with E-state index in [9.17, 15) is 14.7 Å². The van der Waals surface area contributed by atoms with Crippen molar-refractivity contribution in [1.29, 1.82) is 0 Å². The third kappa shape index (κ3) is 4.09. The average molecular weight is 272 g/mol. The number of carbonyl (C=O) groups excluding carboxylic acids is 1. The molecule has 0 aromatic heterocycles. The number of amides is 2. The number of hydrogen-bond acceptors (Lipinski definition) is 3. The molecule has 19 heavy (non-hydrogen) atoms. The Morgan fingerprint density at radius 2 is 2.05 bits per heavy atom. The summed E-state index contributed by atoms with van der Waals surface area (Å²) >= 11 is 0. The van der Waals surface area contributed by atoms with Gasteiger partial charge < -0.3 is 20.0 Å². The average Bonchev–Trinajstić information content (AvgIpc) is 2.83. The molecule has 1 saturated heterocycles. The fourth-order valence-corrected chi connectivity index (χ4v) is 2.31. The number of carbonyl (C=O) groups is 2. The van der Waals surface area contributed by atoms with Crippen molar-refractivity contribution in [3.63, 3.8) is 0 Å². The molecule has 2 N–H and O–H groups in total. The fraction of sp³-hybridized carbons (Fsp3) is 0.846. The van der Waals surface area contributed by atoms with Crippen LogP contribution < -0.4 is 0 Å². The van der Waals surface area contributed by atoms with E-state index in [1.165, 1.54) is 4.90 Å². The van der Waals surface area contributed by atoms with Crippen molar-refractivity contribution in [3.8, 4) is 0 Å². The predicted molar refractivity (Wildman–Crippen MR) is 70.9 cm³/mol. The third-order valence-corrected chi connectivity index (χ3v) is 3.85. The van der Waals surface area contributed by atoms with Gasteiger partial charge in [0.1, 0.15) is 6.54 Å². The lowest BCUT2D eigenvalue weighted by Crippen LogP contribution is -2.48. The summed E-state index contributed by atoms with van der Waals surface area (Å²) in [4.78, 5) is 26.3. The van der Waals surface area contributed by atoms with Crippen molar-refractivity contribution >= 4 is 12.0 Å². The lowest BCUT2D eigenvalue weighted by Gasteiger charge is -2.31. The van der Waals surface area contributed by atoms with Gasteiger partial charge >= 0.3 is 12.0 Å². The number of urea groups is 1. The molecule has 0 aromatic carbocycles. The molecular formula is C13H24N2O4. The lowest BCUT2D eigenvalue weighted by molar-refractivity contribution is -0.138. The van der Waals surface area contributed by atoms with E-state index in [-0.39, 0.29) is 24.5 Å². The van der Waals surface area contributed by atoms with Gasteiger partial charge in [0.15, 0.2) is 0 Å². The van der Waals surface area contributed by atoms with E-state index >= 15 is 0 Å². The van der Waals surface area contributed by atoms with E-state index in [2.05, 4.69) is 0 Å². The second-order valence-electron chi connectivity index (χ2n) is 5.30. The Morgan fingerprint density at radius 3 is 2.47 bits per heavy atom. The molecule has 1 rings (SSSR count). The van der Waals surface area contributed by atoms with Gasteiger partial charge in [0.25, 0.3) is 0 Å². The van der Waals surface area contributed by atoms with E-state index < -0.39 is 12.1 Å². The van der Waals surface area contributed by atoms with Crippen LogP contribution in [0.4, 0.5) is 4.79 Å². The molecule has 0 aliphatic carbocycles. The van der Waals surface area contributed by atoms with Crippen molar-refractivity contribution in [1.82, 2.24) is 9.80 Å². The van der Waals surface area contributed by atoms with E-state index in [1.54, 1.807) is 11.8 Å². The molecule has 6 heteroatoms. The molecule has 0 spiro atoms. The normalized spacial score (nSPS) is 22.1. The zero-order chi connectivity index (χ0) is 14.6. The Balaban J connectivity index is 2.69. The maximum atomic E-state index is 12.4. The number of nitrogens with zero attached hydrogens (tertiary/aromatic N) is 2. The summed E-state index contributed by atoms with van der Waals surface area (Å²) in [5.41, 5.74) is 0. The Labute approximate surface area is 114 Å². The minimum Gasteiger partial charge on any atom is -0.480 e. The zero-order valence-electron chi connectivity index (χ0n) is 11.9. The number of carboxylic acids is 1. The number of aliphatic carboxylic acids is 1. The van der Waals surface area contributed by atoms with E-state index in [4.69, 9.17) is 5.11 Å². The first kappa shape index (κ1) is 15.8.